The summed E-state index contributed by atoms with van der Waals surface area (Å²) in [7, 11) is 0. The fourth-order valence-corrected chi connectivity index (χ4v) is 6.11. The Morgan fingerprint density at radius 3 is 2.64 bits per heavy atom. The third kappa shape index (κ3) is 3.91. The van der Waals surface area contributed by atoms with Gasteiger partial charge in [0, 0.05) is 25.0 Å². The number of aromatic nitrogens is 1. The molecular weight excluding hydrogens is 366 g/mol. The van der Waals surface area contributed by atoms with Gasteiger partial charge in [-0.15, -0.1) is 0 Å². The second-order valence-electron chi connectivity index (χ2n) is 9.07. The SMILES string of the molecule is Cc1cc(C)c2nc(N3CCC(C(=O)N[C@@H]4CCC[C@H](C)[C@@H]4C)CC3)sc2c1. The zero-order valence-electron chi connectivity index (χ0n) is 17.6. The fourth-order valence-electron chi connectivity index (χ4n) is 4.91. The number of carbonyl (C=O) groups excluding carboxylic acids is 1. The molecule has 3 atom stereocenters. The van der Waals surface area contributed by atoms with Gasteiger partial charge in [-0.25, -0.2) is 4.98 Å². The molecule has 28 heavy (non-hydrogen) atoms. The molecule has 1 saturated carbocycles. The molecule has 0 radical (unpaired) electrons. The quantitative estimate of drug-likeness (QED) is 0.784. The van der Waals surface area contributed by atoms with E-state index >= 15 is 0 Å². The van der Waals surface area contributed by atoms with Gasteiger partial charge in [0.15, 0.2) is 5.13 Å². The molecule has 0 unspecified atom stereocenters. The molecule has 1 aromatic heterocycles. The summed E-state index contributed by atoms with van der Waals surface area (Å²) >= 11 is 1.79. The van der Waals surface area contributed by atoms with Crippen LogP contribution in [-0.2, 0) is 4.79 Å². The Morgan fingerprint density at radius 1 is 1.14 bits per heavy atom. The van der Waals surface area contributed by atoms with Crippen LogP contribution in [0.5, 0.6) is 0 Å². The van der Waals surface area contributed by atoms with E-state index in [-0.39, 0.29) is 11.8 Å². The van der Waals surface area contributed by atoms with Crippen molar-refractivity contribution in [2.75, 3.05) is 18.0 Å². The van der Waals surface area contributed by atoms with E-state index in [9.17, 15) is 4.79 Å². The molecule has 4 rings (SSSR count). The average molecular weight is 400 g/mol. The minimum absolute atomic E-state index is 0.152. The standard InChI is InChI=1S/C23H33N3OS/c1-14-12-16(3)21-20(13-14)28-23(25-21)26-10-8-18(9-11-26)22(27)24-19-7-5-6-15(2)17(19)4/h12-13,15,17-19H,5-11H2,1-4H3,(H,24,27)/t15-,17-,19+/m0/s1. The Bertz CT molecular complexity index is 853. The molecule has 5 heteroatoms. The van der Waals surface area contributed by atoms with Crippen molar-refractivity contribution in [1.82, 2.24) is 10.3 Å². The van der Waals surface area contributed by atoms with Crippen LogP contribution in [0, 0.1) is 31.6 Å². The van der Waals surface area contributed by atoms with E-state index < -0.39 is 0 Å². The monoisotopic (exact) mass is 399 g/mol. The van der Waals surface area contributed by atoms with E-state index in [1.807, 2.05) is 0 Å². The zero-order chi connectivity index (χ0) is 19.8. The highest BCUT2D eigenvalue weighted by Gasteiger charge is 2.32. The second-order valence-corrected chi connectivity index (χ2v) is 10.1. The molecular formula is C23H33N3OS. The first kappa shape index (κ1) is 19.7. The van der Waals surface area contributed by atoms with Gasteiger partial charge >= 0.3 is 0 Å². The Balaban J connectivity index is 1.37. The van der Waals surface area contributed by atoms with Crippen molar-refractivity contribution < 1.29 is 4.79 Å². The number of fused-ring (bicyclic) bond motifs is 1. The number of amides is 1. The van der Waals surface area contributed by atoms with Crippen molar-refractivity contribution in [2.45, 2.75) is 65.8 Å². The number of aryl methyl sites for hydroxylation is 2. The lowest BCUT2D eigenvalue weighted by Gasteiger charge is -2.37. The van der Waals surface area contributed by atoms with Crippen molar-refractivity contribution in [1.29, 1.82) is 0 Å². The minimum Gasteiger partial charge on any atom is -0.353 e. The van der Waals surface area contributed by atoms with Crippen molar-refractivity contribution in [2.24, 2.45) is 17.8 Å². The lowest BCUT2D eigenvalue weighted by molar-refractivity contribution is -0.127. The molecule has 2 aliphatic rings. The second kappa shape index (κ2) is 8.02. The predicted molar refractivity (Wildman–Crippen MR) is 118 cm³/mol. The lowest BCUT2D eigenvalue weighted by Crippen LogP contribution is -2.48. The van der Waals surface area contributed by atoms with Crippen LogP contribution in [0.1, 0.15) is 57.1 Å². The Labute approximate surface area is 172 Å². The van der Waals surface area contributed by atoms with Gasteiger partial charge in [0.05, 0.1) is 10.2 Å². The smallest absolute Gasteiger partial charge is 0.223 e. The van der Waals surface area contributed by atoms with Crippen LogP contribution in [-0.4, -0.2) is 30.0 Å². The third-order valence-corrected chi connectivity index (χ3v) is 8.05. The summed E-state index contributed by atoms with van der Waals surface area (Å²) in [5.74, 6) is 1.74. The van der Waals surface area contributed by atoms with Crippen LogP contribution < -0.4 is 10.2 Å². The molecule has 2 aromatic rings. The summed E-state index contributed by atoms with van der Waals surface area (Å²) in [4.78, 5) is 20.1. The number of piperidine rings is 1. The number of anilines is 1. The number of nitrogens with zero attached hydrogens (tertiary/aromatic N) is 2. The molecule has 1 N–H and O–H groups in total. The topological polar surface area (TPSA) is 45.2 Å². The van der Waals surface area contributed by atoms with Gasteiger partial charge in [0.2, 0.25) is 5.91 Å². The summed E-state index contributed by atoms with van der Waals surface area (Å²) in [6, 6.07) is 4.80. The first-order valence-electron chi connectivity index (χ1n) is 10.9. The molecule has 1 aliphatic carbocycles. The number of carbonyl (C=O) groups is 1. The molecule has 1 aliphatic heterocycles. The molecule has 2 fully saturated rings. The Hall–Kier alpha value is -1.62. The molecule has 4 nitrogen and oxygen atoms in total. The van der Waals surface area contributed by atoms with Gasteiger partial charge < -0.3 is 10.2 Å². The number of hydrogen-bond donors (Lipinski definition) is 1. The highest BCUT2D eigenvalue weighted by atomic mass is 32.1. The van der Waals surface area contributed by atoms with E-state index in [0.29, 0.717) is 17.9 Å². The van der Waals surface area contributed by atoms with Gasteiger partial charge in [-0.2, -0.15) is 0 Å². The average Bonchev–Trinajstić information content (AvgIpc) is 3.10. The van der Waals surface area contributed by atoms with E-state index in [4.69, 9.17) is 4.98 Å². The minimum atomic E-state index is 0.152. The van der Waals surface area contributed by atoms with Crippen molar-refractivity contribution in [3.05, 3.63) is 23.3 Å². The first-order valence-corrected chi connectivity index (χ1v) is 11.7. The number of thiazole rings is 1. The number of benzene rings is 1. The summed E-state index contributed by atoms with van der Waals surface area (Å²) in [5.41, 5.74) is 3.68. The van der Waals surface area contributed by atoms with E-state index in [1.165, 1.54) is 28.7 Å². The largest absolute Gasteiger partial charge is 0.353 e. The summed E-state index contributed by atoms with van der Waals surface area (Å²) in [6.07, 6.45) is 5.53. The van der Waals surface area contributed by atoms with E-state index in [1.54, 1.807) is 11.3 Å². The maximum Gasteiger partial charge on any atom is 0.223 e. The Morgan fingerprint density at radius 2 is 1.89 bits per heavy atom. The summed E-state index contributed by atoms with van der Waals surface area (Å²) in [5, 5.41) is 4.50. The number of rotatable bonds is 3. The van der Waals surface area contributed by atoms with Crippen LogP contribution in [0.4, 0.5) is 5.13 Å². The summed E-state index contributed by atoms with van der Waals surface area (Å²) < 4.78 is 1.27. The van der Waals surface area contributed by atoms with Gasteiger partial charge in [-0.1, -0.05) is 44.1 Å². The van der Waals surface area contributed by atoms with Gasteiger partial charge in [-0.3, -0.25) is 4.79 Å². The normalized spacial score (nSPS) is 26.6. The molecule has 1 aromatic carbocycles. The van der Waals surface area contributed by atoms with Crippen LogP contribution in [0.25, 0.3) is 10.2 Å². The molecule has 0 bridgehead atoms. The molecule has 2 heterocycles. The first-order chi connectivity index (χ1) is 13.4. The lowest BCUT2D eigenvalue weighted by atomic mass is 9.78. The van der Waals surface area contributed by atoms with Gasteiger partial charge in [0.25, 0.3) is 0 Å². The predicted octanol–water partition coefficient (Wildman–Crippen LogP) is 5.07. The third-order valence-electron chi connectivity index (χ3n) is 6.99. The number of nitrogens with one attached hydrogen (secondary N) is 1. The van der Waals surface area contributed by atoms with Gasteiger partial charge in [0.1, 0.15) is 0 Å². The van der Waals surface area contributed by atoms with Crippen LogP contribution in [0.3, 0.4) is 0 Å². The van der Waals surface area contributed by atoms with Crippen LogP contribution in [0.2, 0.25) is 0 Å². The maximum absolute atomic E-state index is 12.8. The Kier molecular flexibility index (Phi) is 5.64. The highest BCUT2D eigenvalue weighted by Crippen LogP contribution is 2.34. The van der Waals surface area contributed by atoms with Gasteiger partial charge in [-0.05, 0) is 62.1 Å². The fraction of sp³-hybridized carbons (Fsp3) is 0.652. The maximum atomic E-state index is 12.8. The van der Waals surface area contributed by atoms with Crippen LogP contribution in [0.15, 0.2) is 12.1 Å². The summed E-state index contributed by atoms with van der Waals surface area (Å²) in [6.45, 7) is 10.8. The molecule has 152 valence electrons. The zero-order valence-corrected chi connectivity index (χ0v) is 18.4. The molecule has 1 saturated heterocycles. The van der Waals surface area contributed by atoms with Crippen molar-refractivity contribution >= 4 is 32.6 Å². The van der Waals surface area contributed by atoms with E-state index in [0.717, 1.165) is 43.0 Å². The number of hydrogen-bond acceptors (Lipinski definition) is 4. The van der Waals surface area contributed by atoms with Crippen molar-refractivity contribution in [3.8, 4) is 0 Å². The molecule has 0 spiro atoms. The highest BCUT2D eigenvalue weighted by molar-refractivity contribution is 7.22. The van der Waals surface area contributed by atoms with Crippen molar-refractivity contribution in [3.63, 3.8) is 0 Å². The van der Waals surface area contributed by atoms with Crippen LogP contribution >= 0.6 is 11.3 Å². The van der Waals surface area contributed by atoms with E-state index in [2.05, 4.69) is 50.0 Å². The molecule has 1 amide bonds.